The second-order valence-electron chi connectivity index (χ2n) is 9.86. The lowest BCUT2D eigenvalue weighted by Crippen LogP contribution is -2.33. The van der Waals surface area contributed by atoms with Gasteiger partial charge in [-0.2, -0.15) is 9.10 Å². The number of sulfonamides is 1. The molecular weight excluding hydrogens is 567 g/mol. The standard InChI is InChI=1S/C33H30N3O4S2/c1-23-20-27(41(25-12-6-4-7-13-25)26-14-8-5-9-15-26)21-24(2)33(23)40-19-18-36(3)42(38,39)31-22-30(35-34)32(37)29-17-11-10-16-28(29)31/h4-17,20-22H,18-19H2,1-3H3/q+1. The molecule has 42 heavy (non-hydrogen) atoms. The summed E-state index contributed by atoms with van der Waals surface area (Å²) in [5.74, 6) is 0.187. The Balaban J connectivity index is 1.36. The number of allylic oxidation sites excluding steroid dienone is 1. The molecule has 1 aliphatic carbocycles. The maximum absolute atomic E-state index is 13.5. The van der Waals surface area contributed by atoms with Gasteiger partial charge in [0.1, 0.15) is 12.4 Å². The Hall–Kier alpha value is -4.27. The molecular formula is C33H30N3O4S2+. The van der Waals surface area contributed by atoms with Crippen molar-refractivity contribution in [3.63, 3.8) is 0 Å². The molecule has 0 atom stereocenters. The average molecular weight is 597 g/mol. The Morgan fingerprint density at radius 1 is 0.810 bits per heavy atom. The summed E-state index contributed by atoms with van der Waals surface area (Å²) >= 11 is 0. The van der Waals surface area contributed by atoms with E-state index < -0.39 is 15.8 Å². The van der Waals surface area contributed by atoms with Crippen LogP contribution in [0.15, 0.2) is 118 Å². The Kier molecular flexibility index (Phi) is 8.56. The van der Waals surface area contributed by atoms with Gasteiger partial charge in [-0.15, -0.1) is 0 Å². The number of Topliss-reactive ketones (excluding diaryl/α,β-unsaturated/α-hetero) is 1. The van der Waals surface area contributed by atoms with Gasteiger partial charge in [-0.05, 0) is 49.2 Å². The molecule has 0 radical (unpaired) electrons. The fourth-order valence-electron chi connectivity index (χ4n) is 4.93. The third-order valence-electron chi connectivity index (χ3n) is 7.01. The van der Waals surface area contributed by atoms with Crippen molar-refractivity contribution in [1.29, 1.82) is 0 Å². The minimum atomic E-state index is -4.02. The number of benzene rings is 4. The van der Waals surface area contributed by atoms with Crippen LogP contribution in [0.1, 0.15) is 27.0 Å². The molecule has 0 saturated carbocycles. The molecule has 0 aromatic heterocycles. The lowest BCUT2D eigenvalue weighted by atomic mass is 9.95. The molecule has 0 bridgehead atoms. The van der Waals surface area contributed by atoms with Crippen LogP contribution in [0, 0.1) is 13.8 Å². The lowest BCUT2D eigenvalue weighted by Gasteiger charge is -2.22. The zero-order valence-corrected chi connectivity index (χ0v) is 25.2. The van der Waals surface area contributed by atoms with Gasteiger partial charge in [0.25, 0.3) is 5.78 Å². The van der Waals surface area contributed by atoms with E-state index in [1.165, 1.54) is 32.1 Å². The summed E-state index contributed by atoms with van der Waals surface area (Å²) in [6.07, 6.45) is 1.11. The average Bonchev–Trinajstić information content (AvgIpc) is 3.00. The Morgan fingerprint density at radius 3 is 1.88 bits per heavy atom. The van der Waals surface area contributed by atoms with E-state index in [1.54, 1.807) is 18.2 Å². The summed E-state index contributed by atoms with van der Waals surface area (Å²) in [6.45, 7) is 4.19. The number of nitrogens with zero attached hydrogens (tertiary/aromatic N) is 3. The fraction of sp³-hybridized carbons (Fsp3) is 0.152. The van der Waals surface area contributed by atoms with Gasteiger partial charge < -0.3 is 10.3 Å². The maximum atomic E-state index is 13.5. The number of rotatable bonds is 9. The van der Waals surface area contributed by atoms with Crippen LogP contribution in [0.4, 0.5) is 0 Å². The molecule has 0 aliphatic heterocycles. The van der Waals surface area contributed by atoms with Crippen LogP contribution in [0.3, 0.4) is 0 Å². The van der Waals surface area contributed by atoms with Crippen LogP contribution in [0.2, 0.25) is 0 Å². The monoisotopic (exact) mass is 596 g/mol. The predicted octanol–water partition coefficient (Wildman–Crippen LogP) is 5.95. The molecule has 4 aromatic carbocycles. The minimum Gasteiger partial charge on any atom is -0.492 e. The Labute approximate surface area is 249 Å². The van der Waals surface area contributed by atoms with Crippen molar-refractivity contribution in [3.8, 4) is 5.75 Å². The van der Waals surface area contributed by atoms with Crippen molar-refractivity contribution in [2.45, 2.75) is 28.5 Å². The largest absolute Gasteiger partial charge is 0.492 e. The van der Waals surface area contributed by atoms with Crippen LogP contribution in [0.25, 0.3) is 10.4 Å². The molecule has 212 valence electrons. The first-order valence-corrected chi connectivity index (χ1v) is 16.0. The molecule has 4 aromatic rings. The normalized spacial score (nSPS) is 13.1. The summed E-state index contributed by atoms with van der Waals surface area (Å²) in [5.41, 5.74) is 11.4. The number of aryl methyl sites for hydroxylation is 2. The number of carbonyl (C=O) groups excluding carboxylic acids is 1. The smallest absolute Gasteiger partial charge is 0.364 e. The van der Waals surface area contributed by atoms with Crippen LogP contribution >= 0.6 is 0 Å². The molecule has 0 N–H and O–H groups in total. The highest BCUT2D eigenvalue weighted by Crippen LogP contribution is 2.36. The highest BCUT2D eigenvalue weighted by atomic mass is 32.2. The second-order valence-corrected chi connectivity index (χ2v) is 13.9. The van der Waals surface area contributed by atoms with Crippen molar-refractivity contribution < 1.29 is 22.7 Å². The van der Waals surface area contributed by atoms with E-state index in [4.69, 9.17) is 4.74 Å². The number of ketones is 1. The van der Waals surface area contributed by atoms with E-state index >= 15 is 0 Å². The zero-order chi connectivity index (χ0) is 29.9. The van der Waals surface area contributed by atoms with E-state index in [0.717, 1.165) is 23.0 Å². The molecule has 0 unspecified atom stereocenters. The molecule has 7 nitrogen and oxygen atoms in total. The third-order valence-corrected chi connectivity index (χ3v) is 11.1. The number of fused-ring (bicyclic) bond motifs is 1. The first-order chi connectivity index (χ1) is 20.2. The van der Waals surface area contributed by atoms with Gasteiger partial charge >= 0.3 is 5.71 Å². The van der Waals surface area contributed by atoms with Gasteiger partial charge in [0.15, 0.2) is 14.7 Å². The molecule has 0 saturated heterocycles. The van der Waals surface area contributed by atoms with E-state index in [-0.39, 0.29) is 45.8 Å². The summed E-state index contributed by atoms with van der Waals surface area (Å²) in [5, 5.41) is 0. The maximum Gasteiger partial charge on any atom is 0.364 e. The van der Waals surface area contributed by atoms with E-state index in [2.05, 4.69) is 65.5 Å². The second kappa shape index (κ2) is 12.3. The van der Waals surface area contributed by atoms with Gasteiger partial charge in [0, 0.05) is 36.9 Å². The quantitative estimate of drug-likeness (QED) is 0.135. The number of hydrogen-bond donors (Lipinski definition) is 0. The number of likely N-dealkylation sites (N-methyl/N-ethyl adjacent to an activating group) is 1. The van der Waals surface area contributed by atoms with Crippen molar-refractivity contribution in [2.75, 3.05) is 20.2 Å². The predicted molar refractivity (Wildman–Crippen MR) is 165 cm³/mol. The topological polar surface area (TPSA) is 100 Å². The van der Waals surface area contributed by atoms with Crippen molar-refractivity contribution in [1.82, 2.24) is 4.31 Å². The number of carbonyl (C=O) groups is 1. The van der Waals surface area contributed by atoms with Gasteiger partial charge in [0.05, 0.1) is 21.9 Å². The van der Waals surface area contributed by atoms with Crippen LogP contribution < -0.4 is 4.74 Å². The van der Waals surface area contributed by atoms with E-state index in [0.29, 0.717) is 0 Å². The number of ether oxygens (including phenoxy) is 1. The van der Waals surface area contributed by atoms with Gasteiger partial charge in [-0.25, -0.2) is 8.42 Å². The molecule has 0 spiro atoms. The SMILES string of the molecule is Cc1cc([S+](c2ccccc2)c2ccccc2)cc(C)c1OCCN(C)S(=O)(=O)C1=CC(=[N+]=[N-])C(=O)c2ccccc21. The molecule has 9 heteroatoms. The van der Waals surface area contributed by atoms with E-state index in [1.807, 2.05) is 26.0 Å². The van der Waals surface area contributed by atoms with Crippen molar-refractivity contribution in [2.24, 2.45) is 0 Å². The van der Waals surface area contributed by atoms with Gasteiger partial charge in [0.2, 0.25) is 10.0 Å². The van der Waals surface area contributed by atoms with Gasteiger partial charge in [-0.1, -0.05) is 60.7 Å². The van der Waals surface area contributed by atoms with Crippen LogP contribution in [0.5, 0.6) is 5.75 Å². The first kappa shape index (κ1) is 29.2. The van der Waals surface area contributed by atoms with Gasteiger partial charge in [-0.3, -0.25) is 4.79 Å². The summed E-state index contributed by atoms with van der Waals surface area (Å²) in [4.78, 5) is 19.1. The van der Waals surface area contributed by atoms with Crippen molar-refractivity contribution >= 4 is 37.3 Å². The highest BCUT2D eigenvalue weighted by Gasteiger charge is 2.37. The minimum absolute atomic E-state index is 0.0699. The zero-order valence-electron chi connectivity index (χ0n) is 23.5. The first-order valence-electron chi connectivity index (χ1n) is 13.3. The highest BCUT2D eigenvalue weighted by molar-refractivity contribution is 7.98. The third kappa shape index (κ3) is 5.73. The fourth-order valence-corrected chi connectivity index (χ4v) is 8.56. The molecule has 1 aliphatic rings. The molecule has 0 heterocycles. The lowest BCUT2D eigenvalue weighted by molar-refractivity contribution is -0.00437. The molecule has 0 amide bonds. The van der Waals surface area contributed by atoms with Crippen LogP contribution in [-0.4, -0.2) is 49.2 Å². The van der Waals surface area contributed by atoms with E-state index in [9.17, 15) is 18.7 Å². The summed E-state index contributed by atoms with van der Waals surface area (Å²) < 4.78 is 34.4. The Bertz CT molecular complexity index is 1770. The summed E-state index contributed by atoms with van der Waals surface area (Å²) in [7, 11) is -2.86. The molecule has 0 fully saturated rings. The van der Waals surface area contributed by atoms with Crippen molar-refractivity contribution in [3.05, 3.63) is 131 Å². The number of hydrogen-bond acceptors (Lipinski definition) is 4. The summed E-state index contributed by atoms with van der Waals surface area (Å²) in [6, 6.07) is 31.5. The molecule has 5 rings (SSSR count). The Morgan fingerprint density at radius 2 is 1.33 bits per heavy atom. The van der Waals surface area contributed by atoms with Crippen LogP contribution in [-0.2, 0) is 20.9 Å².